The van der Waals surface area contributed by atoms with E-state index < -0.39 is 11.3 Å². The molecule has 0 bridgehead atoms. The maximum absolute atomic E-state index is 12.7. The molecule has 3 aliphatic heterocycles. The summed E-state index contributed by atoms with van der Waals surface area (Å²) in [5.74, 6) is 0.0615. The number of amides is 1. The van der Waals surface area contributed by atoms with Gasteiger partial charge in [-0.25, -0.2) is 0 Å². The first-order chi connectivity index (χ1) is 10.1. The van der Waals surface area contributed by atoms with Crippen molar-refractivity contribution in [3.63, 3.8) is 0 Å². The molecule has 2 spiro atoms. The van der Waals surface area contributed by atoms with Gasteiger partial charge in [0.1, 0.15) is 5.72 Å². The van der Waals surface area contributed by atoms with Crippen molar-refractivity contribution in [2.45, 2.75) is 75.8 Å². The van der Waals surface area contributed by atoms with Crippen molar-refractivity contribution in [3.05, 3.63) is 0 Å². The predicted molar refractivity (Wildman–Crippen MR) is 83.0 cm³/mol. The maximum atomic E-state index is 12.7. The number of hydrogen-bond acceptors (Lipinski definition) is 5. The highest BCUT2D eigenvalue weighted by molar-refractivity contribution is 5.88. The Morgan fingerprint density at radius 2 is 1.64 bits per heavy atom. The molecule has 3 heterocycles. The Kier molecular flexibility index (Phi) is 3.60. The third-order valence-electron chi connectivity index (χ3n) is 5.28. The van der Waals surface area contributed by atoms with Crippen LogP contribution in [-0.4, -0.2) is 53.6 Å². The second-order valence-corrected chi connectivity index (χ2v) is 8.25. The Morgan fingerprint density at radius 3 is 2.14 bits per heavy atom. The summed E-state index contributed by atoms with van der Waals surface area (Å²) >= 11 is 0. The molecule has 3 saturated heterocycles. The molecule has 6 nitrogen and oxygen atoms in total. The topological polar surface area (TPSA) is 62.8 Å². The van der Waals surface area contributed by atoms with E-state index in [-0.39, 0.29) is 17.0 Å². The Labute approximate surface area is 132 Å². The van der Waals surface area contributed by atoms with Crippen LogP contribution in [0.2, 0.25) is 0 Å². The van der Waals surface area contributed by atoms with Crippen molar-refractivity contribution in [1.29, 1.82) is 0 Å². The molecule has 3 aliphatic rings. The smallest absolute Gasteiger partial charge is 0.254 e. The first kappa shape index (κ1) is 16.2. The highest BCUT2D eigenvalue weighted by atomic mass is 16.7. The number of carbonyl (C=O) groups is 1. The van der Waals surface area contributed by atoms with Crippen LogP contribution in [0.3, 0.4) is 0 Å². The van der Waals surface area contributed by atoms with E-state index in [0.29, 0.717) is 0 Å². The summed E-state index contributed by atoms with van der Waals surface area (Å²) in [6.45, 7) is 10.2. The number of hydroxylamine groups is 2. The zero-order valence-electron chi connectivity index (χ0n) is 14.4. The van der Waals surface area contributed by atoms with Gasteiger partial charge in [0.15, 0.2) is 5.60 Å². The van der Waals surface area contributed by atoms with Crippen LogP contribution in [0.25, 0.3) is 0 Å². The van der Waals surface area contributed by atoms with Gasteiger partial charge in [-0.3, -0.25) is 4.79 Å². The quantitative estimate of drug-likeness (QED) is 0.761. The van der Waals surface area contributed by atoms with E-state index in [4.69, 9.17) is 9.57 Å². The number of ether oxygens (including phenoxy) is 1. The van der Waals surface area contributed by atoms with Gasteiger partial charge in [-0.15, -0.1) is 0 Å². The predicted octanol–water partition coefficient (Wildman–Crippen LogP) is 1.17. The van der Waals surface area contributed by atoms with E-state index in [0.717, 1.165) is 38.8 Å². The van der Waals surface area contributed by atoms with Crippen molar-refractivity contribution in [2.24, 2.45) is 0 Å². The summed E-state index contributed by atoms with van der Waals surface area (Å²) in [5.41, 5.74) is -1.67. The second kappa shape index (κ2) is 4.90. The summed E-state index contributed by atoms with van der Waals surface area (Å²) in [4.78, 5) is 18.3. The van der Waals surface area contributed by atoms with E-state index in [1.165, 1.54) is 0 Å². The van der Waals surface area contributed by atoms with Gasteiger partial charge in [0, 0.05) is 23.9 Å². The average molecular weight is 311 g/mol. The van der Waals surface area contributed by atoms with E-state index in [1.54, 1.807) is 7.11 Å². The fourth-order valence-corrected chi connectivity index (χ4v) is 5.00. The molecule has 0 radical (unpaired) electrons. The lowest BCUT2D eigenvalue weighted by molar-refractivity contribution is -0.302. The molecule has 22 heavy (non-hydrogen) atoms. The van der Waals surface area contributed by atoms with Gasteiger partial charge >= 0.3 is 0 Å². The summed E-state index contributed by atoms with van der Waals surface area (Å²) in [7, 11) is 1.71. The number of rotatable bonds is 1. The van der Waals surface area contributed by atoms with Gasteiger partial charge in [0.05, 0.1) is 7.11 Å². The Morgan fingerprint density at radius 1 is 1.09 bits per heavy atom. The van der Waals surface area contributed by atoms with Crippen LogP contribution in [0.5, 0.6) is 0 Å². The average Bonchev–Trinajstić information content (AvgIpc) is 2.59. The van der Waals surface area contributed by atoms with Gasteiger partial charge in [-0.2, -0.15) is 5.06 Å². The minimum Gasteiger partial charge on any atom is -0.339 e. The number of piperidine rings is 2. The molecule has 1 amide bonds. The Balaban J connectivity index is 1.90. The maximum Gasteiger partial charge on any atom is 0.254 e. The van der Waals surface area contributed by atoms with Crippen LogP contribution in [0.4, 0.5) is 0 Å². The number of hydrogen-bond donors (Lipinski definition) is 2. The third kappa shape index (κ3) is 2.37. The van der Waals surface area contributed by atoms with Crippen molar-refractivity contribution in [1.82, 2.24) is 15.7 Å². The minimum absolute atomic E-state index is 0.0615. The van der Waals surface area contributed by atoms with Crippen LogP contribution in [0.15, 0.2) is 0 Å². The van der Waals surface area contributed by atoms with E-state index >= 15 is 0 Å². The zero-order chi connectivity index (χ0) is 16.2. The fraction of sp³-hybridized carbons (Fsp3) is 0.938. The molecule has 2 N–H and O–H groups in total. The van der Waals surface area contributed by atoms with Gasteiger partial charge in [0.25, 0.3) is 5.91 Å². The van der Waals surface area contributed by atoms with Gasteiger partial charge < -0.3 is 20.2 Å². The lowest BCUT2D eigenvalue weighted by Crippen LogP contribution is -2.67. The van der Waals surface area contributed by atoms with Crippen LogP contribution in [0.1, 0.15) is 53.4 Å². The number of nitrogens with one attached hydrogen (secondary N) is 2. The molecule has 0 aromatic carbocycles. The fourth-order valence-electron chi connectivity index (χ4n) is 5.00. The molecule has 6 heteroatoms. The summed E-state index contributed by atoms with van der Waals surface area (Å²) in [6, 6.07) is 0. The first-order valence-electron chi connectivity index (χ1n) is 8.23. The highest BCUT2D eigenvalue weighted by Crippen LogP contribution is 2.49. The van der Waals surface area contributed by atoms with Crippen LogP contribution < -0.4 is 10.6 Å². The molecule has 0 aliphatic carbocycles. The molecular weight excluding hydrogens is 282 g/mol. The van der Waals surface area contributed by atoms with Crippen molar-refractivity contribution in [2.75, 3.05) is 20.2 Å². The Bertz CT molecular complexity index is 451. The monoisotopic (exact) mass is 311 g/mol. The highest BCUT2D eigenvalue weighted by Gasteiger charge is 2.62. The van der Waals surface area contributed by atoms with Crippen molar-refractivity contribution < 1.29 is 14.4 Å². The summed E-state index contributed by atoms with van der Waals surface area (Å²) in [5, 5.41) is 8.56. The van der Waals surface area contributed by atoms with Crippen LogP contribution in [0, 0.1) is 0 Å². The minimum atomic E-state index is -0.646. The first-order valence-corrected chi connectivity index (χ1v) is 8.23. The zero-order valence-corrected chi connectivity index (χ0v) is 14.4. The van der Waals surface area contributed by atoms with Gasteiger partial charge in [-0.05, 0) is 53.6 Å². The summed E-state index contributed by atoms with van der Waals surface area (Å²) in [6.07, 6.45) is 2.93. The number of nitrogens with zero attached hydrogens (tertiary/aromatic N) is 1. The second-order valence-electron chi connectivity index (χ2n) is 8.25. The molecule has 0 atom stereocenters. The van der Waals surface area contributed by atoms with Crippen molar-refractivity contribution >= 4 is 5.91 Å². The normalized spacial score (nSPS) is 32.3. The summed E-state index contributed by atoms with van der Waals surface area (Å²) < 4.78 is 6.51. The van der Waals surface area contributed by atoms with Crippen molar-refractivity contribution in [3.8, 4) is 0 Å². The largest absolute Gasteiger partial charge is 0.339 e. The number of carbonyl (C=O) groups excluding carboxylic acids is 1. The molecule has 0 aromatic rings. The Hall–Kier alpha value is -0.690. The molecule has 0 unspecified atom stereocenters. The third-order valence-corrected chi connectivity index (χ3v) is 5.28. The lowest BCUT2D eigenvalue weighted by atomic mass is 9.76. The lowest BCUT2D eigenvalue weighted by Gasteiger charge is -2.56. The molecule has 3 rings (SSSR count). The molecular formula is C16H29N3O3. The van der Waals surface area contributed by atoms with E-state index in [9.17, 15) is 4.79 Å². The molecule has 0 saturated carbocycles. The molecule has 3 fully saturated rings. The van der Waals surface area contributed by atoms with Crippen LogP contribution >= 0.6 is 0 Å². The van der Waals surface area contributed by atoms with E-state index in [1.807, 2.05) is 5.06 Å². The molecule has 126 valence electrons. The standard InChI is InChI=1S/C16H29N3O3/c1-13(2)10-16(11-14(3,4)19(13)21-5)18-12(20)15(22-16)6-8-17-9-7-15/h17H,6-11H2,1-5H3,(H,18,20). The SMILES string of the molecule is CON1C(C)(C)CC2(CC1(C)C)NC(=O)C1(CCNCC1)O2. The van der Waals surface area contributed by atoms with Crippen LogP contribution in [-0.2, 0) is 14.4 Å². The van der Waals surface area contributed by atoms with E-state index in [2.05, 4.69) is 38.3 Å². The van der Waals surface area contributed by atoms with Gasteiger partial charge in [0.2, 0.25) is 0 Å². The molecule has 0 aromatic heterocycles. The van der Waals surface area contributed by atoms with Gasteiger partial charge in [-0.1, -0.05) is 0 Å².